The minimum Gasteiger partial charge on any atom is -0.461 e. The van der Waals surface area contributed by atoms with Crippen molar-refractivity contribution in [2.45, 2.75) is 73.1 Å². The fraction of sp³-hybridized carbons (Fsp3) is 0.632. The highest BCUT2D eigenvalue weighted by Crippen LogP contribution is 2.29. The molecule has 0 bridgehead atoms. The lowest BCUT2D eigenvalue weighted by Crippen LogP contribution is -2.24. The molecule has 0 aromatic heterocycles. The van der Waals surface area contributed by atoms with E-state index in [1.165, 1.54) is 27.8 Å². The molecule has 0 N–H and O–H groups in total. The molecule has 2 rings (SSSR count). The molecule has 1 aromatic carbocycles. The van der Waals surface area contributed by atoms with Crippen molar-refractivity contribution in [1.29, 1.82) is 0 Å². The van der Waals surface area contributed by atoms with Gasteiger partial charge in [0.25, 0.3) is 0 Å². The van der Waals surface area contributed by atoms with Crippen molar-refractivity contribution < 1.29 is 13.9 Å². The van der Waals surface area contributed by atoms with E-state index in [9.17, 15) is 9.18 Å². The quantitative estimate of drug-likeness (QED) is 0.750. The molecule has 3 heteroatoms. The molecule has 1 aliphatic carbocycles. The van der Waals surface area contributed by atoms with E-state index < -0.39 is 6.17 Å². The highest BCUT2D eigenvalue weighted by atomic mass is 18.2. The van der Waals surface area contributed by atoms with Gasteiger partial charge >= 0.3 is 5.97 Å². The number of alkyl halides is 1. The summed E-state index contributed by atoms with van der Waals surface area (Å²) in [7, 11) is 0. The molecule has 0 aliphatic heterocycles. The molecule has 1 aromatic rings. The molecule has 0 heterocycles. The van der Waals surface area contributed by atoms with Crippen LogP contribution in [0.5, 0.6) is 0 Å². The Kier molecular flexibility index (Phi) is 5.25. The third-order valence-electron chi connectivity index (χ3n) is 5.50. The lowest BCUT2D eigenvalue weighted by atomic mass is 9.88. The minimum absolute atomic E-state index is 0.125. The van der Waals surface area contributed by atoms with Gasteiger partial charge in [0.2, 0.25) is 0 Å². The van der Waals surface area contributed by atoms with Crippen LogP contribution in [0.25, 0.3) is 0 Å². The lowest BCUT2D eigenvalue weighted by molar-refractivity contribution is -0.151. The molecule has 1 fully saturated rings. The highest BCUT2D eigenvalue weighted by molar-refractivity contribution is 5.72. The number of benzene rings is 1. The van der Waals surface area contributed by atoms with E-state index in [4.69, 9.17) is 4.74 Å². The standard InChI is InChI=1S/C19H27FO2/c1-11-12(2)14(4)18(15(5)13(11)3)10-22-19(21)16-6-8-17(20)9-7-16/h16-17H,6-10H2,1-5H3/i20-1. The molecule has 0 amide bonds. The van der Waals surface area contributed by atoms with Crippen LogP contribution in [0.1, 0.15) is 59.1 Å². The summed E-state index contributed by atoms with van der Waals surface area (Å²) in [4.78, 5) is 12.2. The van der Waals surface area contributed by atoms with E-state index >= 15 is 0 Å². The van der Waals surface area contributed by atoms with Crippen molar-refractivity contribution in [3.05, 3.63) is 33.4 Å². The van der Waals surface area contributed by atoms with Crippen LogP contribution in [-0.2, 0) is 16.1 Å². The predicted molar refractivity (Wildman–Crippen MR) is 86.8 cm³/mol. The van der Waals surface area contributed by atoms with Gasteiger partial charge in [-0.3, -0.25) is 4.79 Å². The Morgan fingerprint density at radius 3 is 1.86 bits per heavy atom. The molecule has 0 spiro atoms. The van der Waals surface area contributed by atoms with Gasteiger partial charge in [-0.05, 0) is 93.7 Å². The topological polar surface area (TPSA) is 26.3 Å². The molecular weight excluding hydrogens is 278 g/mol. The summed E-state index contributed by atoms with van der Waals surface area (Å²) in [6.45, 7) is 10.9. The molecule has 22 heavy (non-hydrogen) atoms. The summed E-state index contributed by atoms with van der Waals surface area (Å²) in [5.41, 5.74) is 7.39. The van der Waals surface area contributed by atoms with E-state index in [0.29, 0.717) is 32.3 Å². The number of halogens is 1. The van der Waals surface area contributed by atoms with Crippen molar-refractivity contribution in [3.63, 3.8) is 0 Å². The Balaban J connectivity index is 2.07. The third-order valence-corrected chi connectivity index (χ3v) is 5.50. The van der Waals surface area contributed by atoms with Crippen LogP contribution in [-0.4, -0.2) is 12.1 Å². The largest absolute Gasteiger partial charge is 0.461 e. The van der Waals surface area contributed by atoms with Crippen molar-refractivity contribution in [2.75, 3.05) is 0 Å². The molecule has 0 saturated heterocycles. The van der Waals surface area contributed by atoms with Gasteiger partial charge < -0.3 is 4.74 Å². The summed E-state index contributed by atoms with van der Waals surface area (Å²) in [5, 5.41) is 0. The van der Waals surface area contributed by atoms with Crippen LogP contribution < -0.4 is 0 Å². The van der Waals surface area contributed by atoms with Crippen LogP contribution in [0.15, 0.2) is 0 Å². The molecule has 0 radical (unpaired) electrons. The van der Waals surface area contributed by atoms with Gasteiger partial charge in [0.1, 0.15) is 12.8 Å². The number of esters is 1. The normalized spacial score (nSPS) is 21.7. The SMILES string of the molecule is Cc1c(C)c(C)c(COC(=O)C2CCC([18F])CC2)c(C)c1C. The zero-order valence-corrected chi connectivity index (χ0v) is 14.4. The fourth-order valence-corrected chi connectivity index (χ4v) is 3.34. The summed E-state index contributed by atoms with van der Waals surface area (Å²) in [6, 6.07) is 0. The first-order chi connectivity index (χ1) is 10.3. The van der Waals surface area contributed by atoms with E-state index in [-0.39, 0.29) is 11.9 Å². The number of hydrogen-bond donors (Lipinski definition) is 0. The molecule has 0 unspecified atom stereocenters. The van der Waals surface area contributed by atoms with Crippen LogP contribution in [0, 0.1) is 40.5 Å². The number of rotatable bonds is 3. The monoisotopic (exact) mass is 305 g/mol. The van der Waals surface area contributed by atoms with Crippen LogP contribution in [0.4, 0.5) is 4.39 Å². The van der Waals surface area contributed by atoms with Crippen LogP contribution in [0.3, 0.4) is 0 Å². The van der Waals surface area contributed by atoms with Gasteiger partial charge in [-0.2, -0.15) is 0 Å². The fourth-order valence-electron chi connectivity index (χ4n) is 3.34. The third kappa shape index (κ3) is 3.34. The summed E-state index contributed by atoms with van der Waals surface area (Å²) in [5.74, 6) is -0.290. The van der Waals surface area contributed by atoms with Gasteiger partial charge in [-0.15, -0.1) is 0 Å². The number of carbonyl (C=O) groups is 1. The smallest absolute Gasteiger partial charge is 0.309 e. The lowest BCUT2D eigenvalue weighted by Gasteiger charge is -2.23. The summed E-state index contributed by atoms with van der Waals surface area (Å²) < 4.78 is 18.7. The Labute approximate surface area is 133 Å². The van der Waals surface area contributed by atoms with Gasteiger partial charge in [0.15, 0.2) is 0 Å². The second kappa shape index (κ2) is 6.80. The molecular formula is C19H27FO2. The van der Waals surface area contributed by atoms with E-state index in [1.807, 2.05) is 0 Å². The van der Waals surface area contributed by atoms with Crippen LogP contribution >= 0.6 is 0 Å². The summed E-state index contributed by atoms with van der Waals surface area (Å²) in [6.07, 6.45) is 1.46. The molecule has 1 saturated carbocycles. The Bertz CT molecular complexity index is 540. The Morgan fingerprint density at radius 1 is 0.909 bits per heavy atom. The molecule has 122 valence electrons. The highest BCUT2D eigenvalue weighted by Gasteiger charge is 2.27. The molecule has 1 aliphatic rings. The number of ether oxygens (including phenoxy) is 1. The van der Waals surface area contributed by atoms with Gasteiger partial charge in [-0.25, -0.2) is 4.39 Å². The van der Waals surface area contributed by atoms with Crippen molar-refractivity contribution in [3.8, 4) is 0 Å². The minimum atomic E-state index is -0.740. The zero-order valence-electron chi connectivity index (χ0n) is 14.4. The first-order valence-electron chi connectivity index (χ1n) is 8.19. The Morgan fingerprint density at radius 2 is 1.36 bits per heavy atom. The zero-order chi connectivity index (χ0) is 16.4. The van der Waals surface area contributed by atoms with Crippen molar-refractivity contribution >= 4 is 5.97 Å². The second-order valence-electron chi connectivity index (χ2n) is 6.66. The predicted octanol–water partition coefficient (Wildman–Crippen LogP) is 4.80. The molecule has 2 nitrogen and oxygen atoms in total. The second-order valence-corrected chi connectivity index (χ2v) is 6.66. The maximum atomic E-state index is 13.2. The van der Waals surface area contributed by atoms with Crippen LogP contribution in [0.2, 0.25) is 0 Å². The van der Waals surface area contributed by atoms with E-state index in [2.05, 4.69) is 34.6 Å². The maximum Gasteiger partial charge on any atom is 0.309 e. The Hall–Kier alpha value is -1.38. The van der Waals surface area contributed by atoms with Gasteiger partial charge in [-0.1, -0.05) is 0 Å². The van der Waals surface area contributed by atoms with E-state index in [1.54, 1.807) is 0 Å². The maximum absolute atomic E-state index is 13.2. The first-order valence-corrected chi connectivity index (χ1v) is 8.19. The average molecular weight is 305 g/mol. The molecule has 0 atom stereocenters. The summed E-state index contributed by atoms with van der Waals surface area (Å²) >= 11 is 0. The van der Waals surface area contributed by atoms with E-state index in [0.717, 1.165) is 5.56 Å². The van der Waals surface area contributed by atoms with Gasteiger partial charge in [0.05, 0.1) is 5.92 Å². The van der Waals surface area contributed by atoms with Crippen molar-refractivity contribution in [1.82, 2.24) is 0 Å². The van der Waals surface area contributed by atoms with Crippen molar-refractivity contribution in [2.24, 2.45) is 5.92 Å². The average Bonchev–Trinajstić information content (AvgIpc) is 2.51. The van der Waals surface area contributed by atoms with Gasteiger partial charge in [0, 0.05) is 0 Å². The number of hydrogen-bond acceptors (Lipinski definition) is 2. The first kappa shape index (κ1) is 17.0. The number of carbonyl (C=O) groups excluding carboxylic acids is 1.